The van der Waals surface area contributed by atoms with E-state index in [1.165, 1.54) is 38.3 Å². The SMILES string of the molecule is Cc1cc2c(cc1C)C(=O)/C(=C/c1cc(C)c(C)c(-c3cccs3)c1)CC2. The van der Waals surface area contributed by atoms with E-state index in [1.807, 2.05) is 0 Å². The Morgan fingerprint density at radius 2 is 1.67 bits per heavy atom. The minimum atomic E-state index is 0.190. The molecule has 136 valence electrons. The van der Waals surface area contributed by atoms with Gasteiger partial charge in [0.1, 0.15) is 0 Å². The maximum absolute atomic E-state index is 13.1. The Hall–Kier alpha value is -2.45. The molecule has 0 fully saturated rings. The van der Waals surface area contributed by atoms with Crippen LogP contribution in [0.1, 0.15) is 50.2 Å². The Bertz CT molecular complexity index is 1070. The van der Waals surface area contributed by atoms with Crippen molar-refractivity contribution in [3.05, 3.63) is 86.3 Å². The zero-order chi connectivity index (χ0) is 19.1. The lowest BCUT2D eigenvalue weighted by Crippen LogP contribution is -2.15. The third kappa shape index (κ3) is 3.30. The van der Waals surface area contributed by atoms with E-state index in [2.05, 4.69) is 75.5 Å². The van der Waals surface area contributed by atoms with E-state index in [0.29, 0.717) is 0 Å². The van der Waals surface area contributed by atoms with Crippen LogP contribution in [0.3, 0.4) is 0 Å². The van der Waals surface area contributed by atoms with Crippen molar-refractivity contribution >= 4 is 23.2 Å². The summed E-state index contributed by atoms with van der Waals surface area (Å²) >= 11 is 1.76. The first-order valence-corrected chi connectivity index (χ1v) is 10.3. The van der Waals surface area contributed by atoms with Gasteiger partial charge in [-0.25, -0.2) is 0 Å². The lowest BCUT2D eigenvalue weighted by molar-refractivity contribution is 0.102. The van der Waals surface area contributed by atoms with Gasteiger partial charge in [-0.3, -0.25) is 4.79 Å². The maximum Gasteiger partial charge on any atom is 0.189 e. The summed E-state index contributed by atoms with van der Waals surface area (Å²) in [5, 5.41) is 2.11. The van der Waals surface area contributed by atoms with Crippen LogP contribution in [-0.4, -0.2) is 5.78 Å². The van der Waals surface area contributed by atoms with Gasteiger partial charge in [0.15, 0.2) is 5.78 Å². The number of Topliss-reactive ketones (excluding diaryl/α,β-unsaturated/α-hetero) is 1. The van der Waals surface area contributed by atoms with Crippen molar-refractivity contribution in [3.8, 4) is 10.4 Å². The van der Waals surface area contributed by atoms with Gasteiger partial charge in [-0.05, 0) is 109 Å². The average Bonchev–Trinajstić information content (AvgIpc) is 3.16. The second-order valence-electron chi connectivity index (χ2n) is 7.58. The number of hydrogen-bond donors (Lipinski definition) is 0. The van der Waals surface area contributed by atoms with Crippen LogP contribution in [0, 0.1) is 27.7 Å². The molecule has 0 radical (unpaired) electrons. The molecule has 2 aromatic carbocycles. The first-order chi connectivity index (χ1) is 12.9. The minimum Gasteiger partial charge on any atom is -0.289 e. The highest BCUT2D eigenvalue weighted by molar-refractivity contribution is 7.13. The highest BCUT2D eigenvalue weighted by Gasteiger charge is 2.22. The molecule has 0 saturated heterocycles. The zero-order valence-electron chi connectivity index (χ0n) is 16.3. The number of benzene rings is 2. The van der Waals surface area contributed by atoms with Crippen LogP contribution in [0.25, 0.3) is 16.5 Å². The number of fused-ring (bicyclic) bond motifs is 1. The second-order valence-corrected chi connectivity index (χ2v) is 8.53. The predicted molar refractivity (Wildman–Crippen MR) is 116 cm³/mol. The Balaban J connectivity index is 1.76. The van der Waals surface area contributed by atoms with Gasteiger partial charge < -0.3 is 0 Å². The third-order valence-corrected chi connectivity index (χ3v) is 6.64. The van der Waals surface area contributed by atoms with Crippen LogP contribution in [0.2, 0.25) is 0 Å². The van der Waals surface area contributed by atoms with Crippen molar-refractivity contribution in [1.29, 1.82) is 0 Å². The lowest BCUT2D eigenvalue weighted by Gasteiger charge is -2.19. The van der Waals surface area contributed by atoms with Gasteiger partial charge in [0.2, 0.25) is 0 Å². The molecule has 27 heavy (non-hydrogen) atoms. The van der Waals surface area contributed by atoms with Crippen LogP contribution in [0.4, 0.5) is 0 Å². The molecule has 0 aliphatic heterocycles. The molecule has 2 heteroatoms. The van der Waals surface area contributed by atoms with E-state index in [9.17, 15) is 4.79 Å². The van der Waals surface area contributed by atoms with Crippen LogP contribution in [0.5, 0.6) is 0 Å². The number of aryl methyl sites for hydroxylation is 4. The Morgan fingerprint density at radius 3 is 2.41 bits per heavy atom. The Kier molecular flexibility index (Phi) is 4.61. The fraction of sp³-hybridized carbons (Fsp3) is 0.240. The van der Waals surface area contributed by atoms with Crippen LogP contribution >= 0.6 is 11.3 Å². The second kappa shape index (κ2) is 6.94. The molecule has 3 aromatic rings. The van der Waals surface area contributed by atoms with Crippen LogP contribution in [0.15, 0.2) is 47.4 Å². The van der Waals surface area contributed by atoms with E-state index in [1.54, 1.807) is 11.3 Å². The average molecular weight is 373 g/mol. The van der Waals surface area contributed by atoms with Gasteiger partial charge in [-0.1, -0.05) is 18.2 Å². The summed E-state index contributed by atoms with van der Waals surface area (Å²) < 4.78 is 0. The smallest absolute Gasteiger partial charge is 0.189 e. The fourth-order valence-electron chi connectivity index (χ4n) is 3.85. The third-order valence-electron chi connectivity index (χ3n) is 5.74. The number of hydrogen-bond acceptors (Lipinski definition) is 2. The summed E-state index contributed by atoms with van der Waals surface area (Å²) in [6, 6.07) is 12.9. The fourth-order valence-corrected chi connectivity index (χ4v) is 4.65. The molecule has 0 spiro atoms. The summed E-state index contributed by atoms with van der Waals surface area (Å²) in [6.07, 6.45) is 3.86. The van der Waals surface area contributed by atoms with E-state index in [-0.39, 0.29) is 5.78 Å². The number of carbonyl (C=O) groups is 1. The molecule has 0 saturated carbocycles. The molecule has 1 heterocycles. The molecule has 1 nitrogen and oxygen atoms in total. The predicted octanol–water partition coefficient (Wildman–Crippen LogP) is 6.86. The Labute approximate surface area is 165 Å². The zero-order valence-corrected chi connectivity index (χ0v) is 17.2. The first kappa shape index (κ1) is 17.9. The van der Waals surface area contributed by atoms with Gasteiger partial charge in [0.25, 0.3) is 0 Å². The van der Waals surface area contributed by atoms with Crippen molar-refractivity contribution in [2.75, 3.05) is 0 Å². The summed E-state index contributed by atoms with van der Waals surface area (Å²) in [5.74, 6) is 0.190. The van der Waals surface area contributed by atoms with Gasteiger partial charge in [0.05, 0.1) is 0 Å². The van der Waals surface area contributed by atoms with Gasteiger partial charge in [0, 0.05) is 16.0 Å². The lowest BCUT2D eigenvalue weighted by atomic mass is 9.83. The highest BCUT2D eigenvalue weighted by atomic mass is 32.1. The Morgan fingerprint density at radius 1 is 0.889 bits per heavy atom. The highest BCUT2D eigenvalue weighted by Crippen LogP contribution is 2.33. The standard InChI is InChI=1S/C25H24OS/c1-15-11-20-7-8-21(25(26)23(20)12-16(15)2)13-19-10-17(3)18(4)22(14-19)24-6-5-9-27-24/h5-6,9-14H,7-8H2,1-4H3/b21-13+. The largest absolute Gasteiger partial charge is 0.289 e. The van der Waals surface area contributed by atoms with Gasteiger partial charge in [-0.2, -0.15) is 0 Å². The summed E-state index contributed by atoms with van der Waals surface area (Å²) in [4.78, 5) is 14.4. The summed E-state index contributed by atoms with van der Waals surface area (Å²) in [6.45, 7) is 8.52. The monoisotopic (exact) mass is 372 g/mol. The molecule has 0 atom stereocenters. The van der Waals surface area contributed by atoms with E-state index in [0.717, 1.165) is 29.5 Å². The minimum absolute atomic E-state index is 0.190. The number of rotatable bonds is 2. The molecule has 0 bridgehead atoms. The van der Waals surface area contributed by atoms with Crippen molar-refractivity contribution in [2.45, 2.75) is 40.5 Å². The molecule has 1 aliphatic rings. The van der Waals surface area contributed by atoms with Gasteiger partial charge in [-0.15, -0.1) is 11.3 Å². The van der Waals surface area contributed by atoms with Crippen LogP contribution in [-0.2, 0) is 6.42 Å². The number of ketones is 1. The summed E-state index contributed by atoms with van der Waals surface area (Å²) in [5.41, 5.74) is 10.4. The molecule has 1 aromatic heterocycles. The number of thiophene rings is 1. The molecule has 1 aliphatic carbocycles. The molecule has 0 unspecified atom stereocenters. The molecular weight excluding hydrogens is 348 g/mol. The molecular formula is C25H24OS. The molecule has 0 N–H and O–H groups in total. The summed E-state index contributed by atoms with van der Waals surface area (Å²) in [7, 11) is 0. The van der Waals surface area contributed by atoms with Crippen molar-refractivity contribution < 1.29 is 4.79 Å². The quantitative estimate of drug-likeness (QED) is 0.449. The van der Waals surface area contributed by atoms with Crippen molar-refractivity contribution in [3.63, 3.8) is 0 Å². The topological polar surface area (TPSA) is 17.1 Å². The van der Waals surface area contributed by atoms with Crippen LogP contribution < -0.4 is 0 Å². The maximum atomic E-state index is 13.1. The van der Waals surface area contributed by atoms with E-state index in [4.69, 9.17) is 0 Å². The first-order valence-electron chi connectivity index (χ1n) is 9.44. The van der Waals surface area contributed by atoms with Crippen molar-refractivity contribution in [2.24, 2.45) is 0 Å². The van der Waals surface area contributed by atoms with E-state index < -0.39 is 0 Å². The number of allylic oxidation sites excluding steroid dienone is 1. The van der Waals surface area contributed by atoms with E-state index >= 15 is 0 Å². The van der Waals surface area contributed by atoms with Crippen molar-refractivity contribution in [1.82, 2.24) is 0 Å². The van der Waals surface area contributed by atoms with Gasteiger partial charge >= 0.3 is 0 Å². The normalized spacial score (nSPS) is 15.3. The molecule has 4 rings (SSSR count). The number of carbonyl (C=O) groups excluding carboxylic acids is 1. The molecule has 0 amide bonds.